The standard InChI is InChI=1S/C11H19N3O5/c12-9(16)3-1-2-4-13-11(19)14-6-7(15)5-8(14)10(17)18/h7-8,15H,1-6H2,(H2,12,16)(H,13,19)(H,17,18)/t7-,8-/m0/s1. The summed E-state index contributed by atoms with van der Waals surface area (Å²) in [4.78, 5) is 34.3. The lowest BCUT2D eigenvalue weighted by molar-refractivity contribution is -0.141. The van der Waals surface area contributed by atoms with E-state index < -0.39 is 24.1 Å². The fourth-order valence-electron chi connectivity index (χ4n) is 1.99. The number of unbranched alkanes of at least 4 members (excludes halogenated alkanes) is 1. The van der Waals surface area contributed by atoms with Gasteiger partial charge in [-0.15, -0.1) is 0 Å². The van der Waals surface area contributed by atoms with Crippen LogP contribution in [0.4, 0.5) is 4.79 Å². The quantitative estimate of drug-likeness (QED) is 0.454. The maximum atomic E-state index is 11.8. The molecule has 1 heterocycles. The number of urea groups is 1. The van der Waals surface area contributed by atoms with Crippen LogP contribution in [-0.2, 0) is 9.59 Å². The Morgan fingerprint density at radius 1 is 1.32 bits per heavy atom. The van der Waals surface area contributed by atoms with Crippen molar-refractivity contribution in [3.05, 3.63) is 0 Å². The highest BCUT2D eigenvalue weighted by Crippen LogP contribution is 2.18. The number of carbonyl (C=O) groups is 3. The number of β-amino-alcohol motifs (C(OH)–C–C–N with tert-alkyl or cyclic N) is 1. The highest BCUT2D eigenvalue weighted by atomic mass is 16.4. The van der Waals surface area contributed by atoms with Gasteiger partial charge < -0.3 is 26.2 Å². The summed E-state index contributed by atoms with van der Waals surface area (Å²) in [5, 5.41) is 20.9. The van der Waals surface area contributed by atoms with Crippen molar-refractivity contribution in [2.75, 3.05) is 13.1 Å². The van der Waals surface area contributed by atoms with E-state index in [9.17, 15) is 19.5 Å². The maximum absolute atomic E-state index is 11.8. The lowest BCUT2D eigenvalue weighted by Crippen LogP contribution is -2.46. The van der Waals surface area contributed by atoms with Crippen LogP contribution in [0.25, 0.3) is 0 Å². The fourth-order valence-corrected chi connectivity index (χ4v) is 1.99. The van der Waals surface area contributed by atoms with Gasteiger partial charge in [0, 0.05) is 25.9 Å². The fraction of sp³-hybridized carbons (Fsp3) is 0.727. The number of likely N-dealkylation sites (tertiary alicyclic amines) is 1. The van der Waals surface area contributed by atoms with Crippen LogP contribution in [0.15, 0.2) is 0 Å². The number of aliphatic hydroxyl groups excluding tert-OH is 1. The molecule has 0 unspecified atom stereocenters. The van der Waals surface area contributed by atoms with Gasteiger partial charge >= 0.3 is 12.0 Å². The number of amides is 3. The Hall–Kier alpha value is -1.83. The van der Waals surface area contributed by atoms with Crippen LogP contribution in [0.3, 0.4) is 0 Å². The second-order valence-electron chi connectivity index (χ2n) is 4.55. The average molecular weight is 273 g/mol. The Morgan fingerprint density at radius 3 is 2.58 bits per heavy atom. The minimum Gasteiger partial charge on any atom is -0.480 e. The molecule has 0 aromatic rings. The lowest BCUT2D eigenvalue weighted by Gasteiger charge is -2.21. The normalized spacial score (nSPS) is 22.3. The summed E-state index contributed by atoms with van der Waals surface area (Å²) in [6, 6.07) is -1.50. The summed E-state index contributed by atoms with van der Waals surface area (Å²) < 4.78 is 0. The Labute approximate surface area is 110 Å². The van der Waals surface area contributed by atoms with Gasteiger partial charge in [0.2, 0.25) is 5.91 Å². The zero-order chi connectivity index (χ0) is 14.4. The number of carbonyl (C=O) groups excluding carboxylic acids is 2. The molecule has 19 heavy (non-hydrogen) atoms. The van der Waals surface area contributed by atoms with Crippen molar-refractivity contribution >= 4 is 17.9 Å². The molecule has 8 heteroatoms. The lowest BCUT2D eigenvalue weighted by atomic mass is 10.2. The third kappa shape index (κ3) is 4.74. The molecule has 1 saturated heterocycles. The van der Waals surface area contributed by atoms with E-state index in [1.54, 1.807) is 0 Å². The van der Waals surface area contributed by atoms with Crippen molar-refractivity contribution in [2.45, 2.75) is 37.8 Å². The molecule has 1 fully saturated rings. The van der Waals surface area contributed by atoms with Crippen LogP contribution < -0.4 is 11.1 Å². The second kappa shape index (κ2) is 6.93. The molecule has 0 spiro atoms. The zero-order valence-electron chi connectivity index (χ0n) is 10.5. The van der Waals surface area contributed by atoms with E-state index in [0.717, 1.165) is 4.90 Å². The molecule has 0 radical (unpaired) electrons. The third-order valence-corrected chi connectivity index (χ3v) is 2.95. The van der Waals surface area contributed by atoms with E-state index >= 15 is 0 Å². The first-order valence-electron chi connectivity index (χ1n) is 6.15. The number of nitrogens with two attached hydrogens (primary N) is 1. The first-order chi connectivity index (χ1) is 8.91. The van der Waals surface area contributed by atoms with Gasteiger partial charge in [-0.1, -0.05) is 0 Å². The van der Waals surface area contributed by atoms with E-state index in [4.69, 9.17) is 10.8 Å². The number of aliphatic hydroxyl groups is 1. The van der Waals surface area contributed by atoms with Crippen molar-refractivity contribution in [2.24, 2.45) is 5.73 Å². The predicted octanol–water partition coefficient (Wildman–Crippen LogP) is -1.13. The van der Waals surface area contributed by atoms with Gasteiger partial charge in [0.15, 0.2) is 0 Å². The molecule has 1 aliphatic rings. The molecule has 8 nitrogen and oxygen atoms in total. The number of carboxylic acids is 1. The minimum absolute atomic E-state index is 0.0179. The molecule has 0 aromatic heterocycles. The summed E-state index contributed by atoms with van der Waals surface area (Å²) in [6.07, 6.45) is 0.658. The van der Waals surface area contributed by atoms with Crippen LogP contribution in [-0.4, -0.2) is 58.3 Å². The van der Waals surface area contributed by atoms with Crippen LogP contribution in [0.1, 0.15) is 25.7 Å². The van der Waals surface area contributed by atoms with E-state index in [-0.39, 0.29) is 25.3 Å². The Kier molecular flexibility index (Phi) is 5.56. The number of hydrogen-bond donors (Lipinski definition) is 4. The molecule has 2 atom stereocenters. The number of aliphatic carboxylic acids is 1. The zero-order valence-corrected chi connectivity index (χ0v) is 10.5. The van der Waals surface area contributed by atoms with Gasteiger partial charge in [0.05, 0.1) is 6.10 Å². The summed E-state index contributed by atoms with van der Waals surface area (Å²) in [6.45, 7) is 0.356. The molecule has 0 aromatic carbocycles. The van der Waals surface area contributed by atoms with Crippen molar-refractivity contribution < 1.29 is 24.6 Å². The largest absolute Gasteiger partial charge is 0.480 e. The topological polar surface area (TPSA) is 133 Å². The summed E-state index contributed by atoms with van der Waals surface area (Å²) in [7, 11) is 0. The Bertz CT molecular complexity index is 360. The van der Waals surface area contributed by atoms with Crippen molar-refractivity contribution in [1.82, 2.24) is 10.2 Å². The average Bonchev–Trinajstić information content (AvgIpc) is 2.70. The van der Waals surface area contributed by atoms with E-state index in [1.807, 2.05) is 0 Å². The molecular weight excluding hydrogens is 254 g/mol. The minimum atomic E-state index is -1.12. The molecule has 3 amide bonds. The van der Waals surface area contributed by atoms with Crippen LogP contribution in [0.2, 0.25) is 0 Å². The van der Waals surface area contributed by atoms with Gasteiger partial charge in [0.1, 0.15) is 6.04 Å². The van der Waals surface area contributed by atoms with Gasteiger partial charge in [-0.2, -0.15) is 0 Å². The van der Waals surface area contributed by atoms with Gasteiger partial charge in [-0.05, 0) is 12.8 Å². The maximum Gasteiger partial charge on any atom is 0.326 e. The molecule has 108 valence electrons. The SMILES string of the molecule is NC(=O)CCCCNC(=O)N1C[C@@H](O)C[C@H]1C(=O)O. The third-order valence-electron chi connectivity index (χ3n) is 2.95. The Balaban J connectivity index is 2.32. The molecular formula is C11H19N3O5. The number of rotatable bonds is 6. The summed E-state index contributed by atoms with van der Waals surface area (Å²) >= 11 is 0. The van der Waals surface area contributed by atoms with Gasteiger partial charge in [-0.25, -0.2) is 9.59 Å². The predicted molar refractivity (Wildman–Crippen MR) is 65.2 cm³/mol. The van der Waals surface area contributed by atoms with Gasteiger partial charge in [0.25, 0.3) is 0 Å². The first kappa shape index (κ1) is 15.2. The number of nitrogens with zero attached hydrogens (tertiary/aromatic N) is 1. The Morgan fingerprint density at radius 2 is 2.00 bits per heavy atom. The van der Waals surface area contributed by atoms with Gasteiger partial charge in [-0.3, -0.25) is 4.79 Å². The van der Waals surface area contributed by atoms with Crippen LogP contribution in [0, 0.1) is 0 Å². The number of nitrogens with one attached hydrogen (secondary N) is 1. The van der Waals surface area contributed by atoms with E-state index in [0.29, 0.717) is 19.4 Å². The number of primary amides is 1. The van der Waals surface area contributed by atoms with Crippen molar-refractivity contribution in [3.63, 3.8) is 0 Å². The molecule has 0 aliphatic carbocycles. The van der Waals surface area contributed by atoms with Crippen molar-refractivity contribution in [3.8, 4) is 0 Å². The van der Waals surface area contributed by atoms with E-state index in [2.05, 4.69) is 5.32 Å². The smallest absolute Gasteiger partial charge is 0.326 e. The molecule has 5 N–H and O–H groups in total. The number of carboxylic acid groups (broad SMARTS) is 1. The summed E-state index contributed by atoms with van der Waals surface area (Å²) in [5.74, 6) is -1.51. The summed E-state index contributed by atoms with van der Waals surface area (Å²) in [5.41, 5.74) is 4.97. The molecule has 0 bridgehead atoms. The number of hydrogen-bond acceptors (Lipinski definition) is 4. The van der Waals surface area contributed by atoms with E-state index in [1.165, 1.54) is 0 Å². The second-order valence-corrected chi connectivity index (χ2v) is 4.55. The highest BCUT2D eigenvalue weighted by molar-refractivity contribution is 5.83. The highest BCUT2D eigenvalue weighted by Gasteiger charge is 2.38. The molecule has 0 saturated carbocycles. The van der Waals surface area contributed by atoms with Crippen molar-refractivity contribution in [1.29, 1.82) is 0 Å². The molecule has 1 rings (SSSR count). The monoisotopic (exact) mass is 273 g/mol. The molecule has 1 aliphatic heterocycles. The van der Waals surface area contributed by atoms with Crippen LogP contribution in [0.5, 0.6) is 0 Å². The first-order valence-corrected chi connectivity index (χ1v) is 6.15. The van der Waals surface area contributed by atoms with Crippen LogP contribution >= 0.6 is 0 Å².